The fourth-order valence-electron chi connectivity index (χ4n) is 2.21. The van der Waals surface area contributed by atoms with Crippen LogP contribution in [-0.4, -0.2) is 105 Å². The monoisotopic (exact) mass is 522 g/mol. The van der Waals surface area contributed by atoms with Crippen molar-refractivity contribution in [1.82, 2.24) is 0 Å². The Morgan fingerprint density at radius 1 is 0.778 bits per heavy atom. The van der Waals surface area contributed by atoms with E-state index in [0.29, 0.717) is 0 Å². The molecule has 3 unspecified atom stereocenters. The summed E-state index contributed by atoms with van der Waals surface area (Å²) >= 11 is 0. The fourth-order valence-corrected chi connectivity index (χ4v) is 2.21. The van der Waals surface area contributed by atoms with E-state index in [-0.39, 0.29) is 0 Å². The molecule has 0 fully saturated rings. The minimum Gasteiger partial charge on any atom is -0.481 e. The van der Waals surface area contributed by atoms with E-state index in [9.17, 15) is 48.3 Å². The summed E-state index contributed by atoms with van der Waals surface area (Å²) < 4.78 is 18.6. The van der Waals surface area contributed by atoms with Gasteiger partial charge in [0, 0.05) is 6.92 Å². The van der Waals surface area contributed by atoms with Gasteiger partial charge >= 0.3 is 41.8 Å². The van der Waals surface area contributed by atoms with Gasteiger partial charge in [0.2, 0.25) is 5.78 Å². The summed E-state index contributed by atoms with van der Waals surface area (Å²) in [6.45, 7) is -0.501. The second-order valence-electron chi connectivity index (χ2n) is 7.00. The third kappa shape index (κ3) is 11.1. The highest BCUT2D eigenvalue weighted by molar-refractivity contribution is 6.36. The van der Waals surface area contributed by atoms with Crippen LogP contribution in [0.5, 0.6) is 0 Å². The number of ether oxygens (including phenoxy) is 4. The van der Waals surface area contributed by atoms with Crippen LogP contribution in [0.4, 0.5) is 0 Å². The first-order valence-electron chi connectivity index (χ1n) is 9.65. The first kappa shape index (κ1) is 31.6. The van der Waals surface area contributed by atoms with E-state index in [2.05, 4.69) is 14.2 Å². The summed E-state index contributed by atoms with van der Waals surface area (Å²) in [6.07, 6.45) is -7.55. The van der Waals surface area contributed by atoms with Crippen molar-refractivity contribution in [1.29, 1.82) is 0 Å². The molecule has 0 saturated carbocycles. The molecule has 200 valence electrons. The molecule has 36 heavy (non-hydrogen) atoms. The van der Waals surface area contributed by atoms with Gasteiger partial charge in [0.05, 0.1) is 19.4 Å². The molecule has 17 heteroatoms. The molecule has 3 atom stereocenters. The van der Waals surface area contributed by atoms with Gasteiger partial charge < -0.3 is 39.4 Å². The van der Waals surface area contributed by atoms with Crippen molar-refractivity contribution in [3.05, 3.63) is 0 Å². The zero-order chi connectivity index (χ0) is 28.2. The van der Waals surface area contributed by atoms with Crippen LogP contribution in [0.25, 0.3) is 0 Å². The number of ketones is 2. The number of aliphatic carboxylic acids is 4. The maximum absolute atomic E-state index is 12.0. The molecule has 0 rings (SSSR count). The average molecular weight is 522 g/mol. The number of carboxylic acid groups (broad SMARTS) is 4. The molecule has 0 heterocycles. The Labute approximate surface area is 200 Å². The fraction of sp³-hybridized carbons (Fsp3) is 0.526. The Kier molecular flexibility index (Phi) is 12.4. The molecule has 4 N–H and O–H groups in total. The summed E-state index contributed by atoms with van der Waals surface area (Å²) in [5.41, 5.74) is -2.91. The number of carbonyl (C=O) groups excluding carboxylic acids is 5. The maximum atomic E-state index is 12.0. The van der Waals surface area contributed by atoms with Crippen LogP contribution < -0.4 is 0 Å². The van der Waals surface area contributed by atoms with Crippen LogP contribution >= 0.6 is 0 Å². The maximum Gasteiger partial charge on any atom is 0.375 e. The molecule has 0 aromatic heterocycles. The Balaban J connectivity index is 5.78. The number of hydrogen-bond donors (Lipinski definition) is 4. The van der Waals surface area contributed by atoms with Crippen molar-refractivity contribution in [3.8, 4) is 0 Å². The van der Waals surface area contributed by atoms with Crippen molar-refractivity contribution in [3.63, 3.8) is 0 Å². The van der Waals surface area contributed by atoms with Gasteiger partial charge in [-0.05, 0) is 6.92 Å². The van der Waals surface area contributed by atoms with E-state index in [0.717, 1.165) is 13.8 Å². The summed E-state index contributed by atoms with van der Waals surface area (Å²) in [7, 11) is 0. The van der Waals surface area contributed by atoms with Crippen molar-refractivity contribution in [2.45, 2.75) is 50.9 Å². The lowest BCUT2D eigenvalue weighted by Crippen LogP contribution is -2.48. The molecule has 0 aromatic rings. The van der Waals surface area contributed by atoms with Gasteiger partial charge in [-0.25, -0.2) is 19.2 Å². The number of carboxylic acids is 4. The molecule has 0 saturated heterocycles. The molecule has 0 aromatic carbocycles. The zero-order valence-corrected chi connectivity index (χ0v) is 18.8. The lowest BCUT2D eigenvalue weighted by atomic mass is 9.95. The standard InChI is InChI=1S/C19H22O17/c1-8(20)16(29)36-10(6-33-17(30)11(21)3-12(22)23)7-34-19(18(31)32,4-13(24)25)5-14(26)35-9(2)15(27)28/h9-10H,3-7H2,1-2H3,(H,22,23)(H,24,25)(H,27,28)(H,31,32). The number of hydrogen-bond acceptors (Lipinski definition) is 13. The quantitative estimate of drug-likeness (QED) is 0.0682. The van der Waals surface area contributed by atoms with Gasteiger partial charge in [-0.3, -0.25) is 24.0 Å². The van der Waals surface area contributed by atoms with E-state index in [1.807, 2.05) is 0 Å². The Morgan fingerprint density at radius 2 is 1.36 bits per heavy atom. The first-order chi connectivity index (χ1) is 16.5. The number of carbonyl (C=O) groups is 9. The minimum absolute atomic E-state index is 0.772. The smallest absolute Gasteiger partial charge is 0.375 e. The highest BCUT2D eigenvalue weighted by atomic mass is 16.6. The van der Waals surface area contributed by atoms with Gasteiger partial charge in [-0.15, -0.1) is 0 Å². The van der Waals surface area contributed by atoms with E-state index in [4.69, 9.17) is 20.1 Å². The van der Waals surface area contributed by atoms with Gasteiger partial charge in [0.1, 0.15) is 13.0 Å². The molecule has 0 amide bonds. The molecule has 0 spiro atoms. The Bertz CT molecular complexity index is 934. The highest BCUT2D eigenvalue weighted by Crippen LogP contribution is 2.24. The SMILES string of the molecule is CC(=O)C(=O)OC(COC(=O)C(=O)CC(=O)O)COC(CC(=O)O)(CC(=O)OC(C)C(=O)O)C(=O)O. The zero-order valence-electron chi connectivity index (χ0n) is 18.8. The second kappa shape index (κ2) is 14.1. The predicted molar refractivity (Wildman–Crippen MR) is 105 cm³/mol. The number of Topliss-reactive ketones (excluding diaryl/α,β-unsaturated/α-hetero) is 2. The van der Waals surface area contributed by atoms with E-state index in [1.54, 1.807) is 0 Å². The lowest BCUT2D eigenvalue weighted by Gasteiger charge is -2.29. The third-order valence-electron chi connectivity index (χ3n) is 3.96. The number of rotatable bonds is 17. The van der Waals surface area contributed by atoms with Gasteiger partial charge in [0.15, 0.2) is 17.8 Å². The van der Waals surface area contributed by atoms with Crippen LogP contribution in [0.2, 0.25) is 0 Å². The van der Waals surface area contributed by atoms with E-state index in [1.165, 1.54) is 0 Å². The molecule has 0 aliphatic heterocycles. The Morgan fingerprint density at radius 3 is 1.81 bits per heavy atom. The summed E-state index contributed by atoms with van der Waals surface area (Å²) in [5.74, 6) is -14.5. The normalized spacial score (nSPS) is 13.7. The van der Waals surface area contributed by atoms with Crippen molar-refractivity contribution in [2.75, 3.05) is 13.2 Å². The largest absolute Gasteiger partial charge is 0.481 e. The molecule has 17 nitrogen and oxygen atoms in total. The van der Waals surface area contributed by atoms with Gasteiger partial charge in [-0.1, -0.05) is 0 Å². The van der Waals surface area contributed by atoms with Crippen LogP contribution in [0, 0.1) is 0 Å². The first-order valence-corrected chi connectivity index (χ1v) is 9.65. The molecule has 0 aliphatic carbocycles. The summed E-state index contributed by atoms with van der Waals surface area (Å²) in [5, 5.41) is 36.0. The van der Waals surface area contributed by atoms with Crippen LogP contribution in [0.3, 0.4) is 0 Å². The van der Waals surface area contributed by atoms with Crippen LogP contribution in [-0.2, 0) is 62.1 Å². The van der Waals surface area contributed by atoms with Crippen LogP contribution in [0.1, 0.15) is 33.1 Å². The predicted octanol–water partition coefficient (Wildman–Crippen LogP) is -2.20. The van der Waals surface area contributed by atoms with Crippen molar-refractivity contribution in [2.24, 2.45) is 0 Å². The second-order valence-corrected chi connectivity index (χ2v) is 7.00. The average Bonchev–Trinajstić information content (AvgIpc) is 2.73. The van der Waals surface area contributed by atoms with E-state index < -0.39 is 104 Å². The topological polar surface area (TPSA) is 271 Å². The highest BCUT2D eigenvalue weighted by Gasteiger charge is 2.46. The molecular formula is C19H22O17. The molecule has 0 aliphatic rings. The van der Waals surface area contributed by atoms with Crippen LogP contribution in [0.15, 0.2) is 0 Å². The molecule has 0 radical (unpaired) electrons. The molecular weight excluding hydrogens is 500 g/mol. The summed E-state index contributed by atoms with van der Waals surface area (Å²) in [4.78, 5) is 102. The summed E-state index contributed by atoms with van der Waals surface area (Å²) in [6, 6.07) is 0. The third-order valence-corrected chi connectivity index (χ3v) is 3.96. The van der Waals surface area contributed by atoms with Crippen molar-refractivity contribution < 1.29 is 82.5 Å². The molecule has 0 bridgehead atoms. The minimum atomic E-state index is -2.91. The van der Waals surface area contributed by atoms with E-state index >= 15 is 0 Å². The van der Waals surface area contributed by atoms with Gasteiger partial charge in [0.25, 0.3) is 5.78 Å². The number of esters is 3. The van der Waals surface area contributed by atoms with Crippen molar-refractivity contribution >= 4 is 53.4 Å². The Hall–Kier alpha value is -4.41. The van der Waals surface area contributed by atoms with Gasteiger partial charge in [-0.2, -0.15) is 0 Å². The lowest BCUT2D eigenvalue weighted by molar-refractivity contribution is -0.191.